The molecule has 0 unspecified atom stereocenters. The molecule has 1 aliphatic rings. The van der Waals surface area contributed by atoms with Crippen LogP contribution in [0.1, 0.15) is 47.0 Å². The molecule has 0 radical (unpaired) electrons. The summed E-state index contributed by atoms with van der Waals surface area (Å²) in [7, 11) is 0. The molecule has 0 aliphatic carbocycles. The molecule has 7 heteroatoms. The van der Waals surface area contributed by atoms with Crippen molar-refractivity contribution >= 4 is 17.8 Å². The van der Waals surface area contributed by atoms with Crippen molar-refractivity contribution in [1.29, 1.82) is 0 Å². The normalized spacial score (nSPS) is 15.7. The van der Waals surface area contributed by atoms with Crippen LogP contribution in [-0.2, 0) is 9.59 Å². The first-order valence-corrected chi connectivity index (χ1v) is 8.43. The average Bonchev–Trinajstić information content (AvgIpc) is 2.84. The van der Waals surface area contributed by atoms with E-state index in [4.69, 9.17) is 0 Å². The van der Waals surface area contributed by atoms with Crippen molar-refractivity contribution in [2.45, 2.75) is 52.5 Å². The minimum atomic E-state index is -0.249. The quantitative estimate of drug-likeness (QED) is 0.361. The van der Waals surface area contributed by atoms with Gasteiger partial charge in [-0.25, -0.2) is 4.99 Å². The molecule has 0 aromatic carbocycles. The van der Waals surface area contributed by atoms with E-state index in [9.17, 15) is 9.59 Å². The van der Waals surface area contributed by atoms with Crippen molar-refractivity contribution in [2.75, 3.05) is 32.7 Å². The Morgan fingerprint density at radius 3 is 2.61 bits per heavy atom. The molecular formula is C16H31N5O2. The second kappa shape index (κ2) is 9.37. The van der Waals surface area contributed by atoms with Gasteiger partial charge in [0.2, 0.25) is 11.8 Å². The largest absolute Gasteiger partial charge is 0.357 e. The van der Waals surface area contributed by atoms with Gasteiger partial charge in [-0.05, 0) is 40.5 Å². The van der Waals surface area contributed by atoms with Gasteiger partial charge in [0.1, 0.15) is 6.54 Å². The lowest BCUT2D eigenvalue weighted by Crippen LogP contribution is -2.43. The third-order valence-corrected chi connectivity index (χ3v) is 3.31. The van der Waals surface area contributed by atoms with Crippen molar-refractivity contribution in [2.24, 2.45) is 4.99 Å². The number of hydrogen-bond donors (Lipinski definition) is 3. The molecule has 3 N–H and O–H groups in total. The van der Waals surface area contributed by atoms with E-state index in [1.807, 2.05) is 32.6 Å². The van der Waals surface area contributed by atoms with Crippen LogP contribution in [0.25, 0.3) is 0 Å². The summed E-state index contributed by atoms with van der Waals surface area (Å²) in [5.41, 5.74) is -0.249. The zero-order chi connectivity index (χ0) is 17.3. The molecule has 1 heterocycles. The van der Waals surface area contributed by atoms with Gasteiger partial charge < -0.3 is 20.9 Å². The third-order valence-electron chi connectivity index (χ3n) is 3.31. The predicted molar refractivity (Wildman–Crippen MR) is 92.3 cm³/mol. The number of rotatable bonds is 7. The van der Waals surface area contributed by atoms with Gasteiger partial charge in [0.05, 0.1) is 0 Å². The number of hydrogen-bond acceptors (Lipinski definition) is 3. The fourth-order valence-corrected chi connectivity index (χ4v) is 2.37. The summed E-state index contributed by atoms with van der Waals surface area (Å²) < 4.78 is 0. The van der Waals surface area contributed by atoms with Crippen molar-refractivity contribution in [3.63, 3.8) is 0 Å². The Morgan fingerprint density at radius 2 is 2.04 bits per heavy atom. The molecule has 0 aromatic rings. The maximum Gasteiger partial charge on any atom is 0.242 e. The highest BCUT2D eigenvalue weighted by molar-refractivity contribution is 5.85. The first-order valence-electron chi connectivity index (χ1n) is 8.43. The fourth-order valence-electron chi connectivity index (χ4n) is 2.37. The minimum absolute atomic E-state index is 0.0945. The van der Waals surface area contributed by atoms with Gasteiger partial charge in [-0.15, -0.1) is 0 Å². The van der Waals surface area contributed by atoms with Crippen LogP contribution in [-0.4, -0.2) is 60.9 Å². The van der Waals surface area contributed by atoms with E-state index in [2.05, 4.69) is 20.9 Å². The Labute approximate surface area is 139 Å². The summed E-state index contributed by atoms with van der Waals surface area (Å²) in [4.78, 5) is 29.5. The topological polar surface area (TPSA) is 85.8 Å². The predicted octanol–water partition coefficient (Wildman–Crippen LogP) is 0.469. The van der Waals surface area contributed by atoms with Crippen LogP contribution in [0.3, 0.4) is 0 Å². The number of carbonyl (C=O) groups is 2. The number of guanidine groups is 1. The van der Waals surface area contributed by atoms with E-state index in [0.717, 1.165) is 39.0 Å². The van der Waals surface area contributed by atoms with E-state index >= 15 is 0 Å². The van der Waals surface area contributed by atoms with Gasteiger partial charge in [-0.3, -0.25) is 9.59 Å². The zero-order valence-corrected chi connectivity index (χ0v) is 14.9. The van der Waals surface area contributed by atoms with Gasteiger partial charge in [-0.1, -0.05) is 0 Å². The van der Waals surface area contributed by atoms with Crippen LogP contribution < -0.4 is 16.0 Å². The molecular weight excluding hydrogens is 294 g/mol. The lowest BCUT2D eigenvalue weighted by molar-refractivity contribution is -0.127. The lowest BCUT2D eigenvalue weighted by atomic mass is 10.1. The van der Waals surface area contributed by atoms with Gasteiger partial charge in [0.15, 0.2) is 5.96 Å². The van der Waals surface area contributed by atoms with Crippen LogP contribution in [0.4, 0.5) is 0 Å². The first kappa shape index (κ1) is 19.3. The van der Waals surface area contributed by atoms with Crippen molar-refractivity contribution in [3.8, 4) is 0 Å². The molecule has 1 fully saturated rings. The highest BCUT2D eigenvalue weighted by atomic mass is 16.2. The summed E-state index contributed by atoms with van der Waals surface area (Å²) in [5.74, 6) is 0.783. The molecule has 132 valence electrons. The maximum absolute atomic E-state index is 11.8. The fraction of sp³-hybridized carbons (Fsp3) is 0.812. The van der Waals surface area contributed by atoms with Crippen LogP contribution in [0.5, 0.6) is 0 Å². The summed E-state index contributed by atoms with van der Waals surface area (Å²) in [6, 6.07) is 0. The summed E-state index contributed by atoms with van der Waals surface area (Å²) in [5, 5.41) is 9.20. The van der Waals surface area contributed by atoms with Gasteiger partial charge in [0, 0.05) is 38.1 Å². The molecule has 0 aromatic heterocycles. The molecule has 1 aliphatic heterocycles. The Kier molecular flexibility index (Phi) is 7.85. The number of nitrogens with one attached hydrogen (secondary N) is 3. The number of amides is 2. The van der Waals surface area contributed by atoms with E-state index in [0.29, 0.717) is 12.4 Å². The minimum Gasteiger partial charge on any atom is -0.357 e. The van der Waals surface area contributed by atoms with Crippen LogP contribution in [0.2, 0.25) is 0 Å². The Hall–Kier alpha value is -1.79. The van der Waals surface area contributed by atoms with Crippen molar-refractivity contribution < 1.29 is 9.59 Å². The second-order valence-corrected chi connectivity index (χ2v) is 6.76. The van der Waals surface area contributed by atoms with E-state index < -0.39 is 0 Å². The second-order valence-electron chi connectivity index (χ2n) is 6.76. The Bertz CT molecular complexity index is 429. The Balaban J connectivity index is 2.31. The first-order chi connectivity index (χ1) is 10.8. The molecule has 0 bridgehead atoms. The molecule has 1 saturated heterocycles. The molecule has 23 heavy (non-hydrogen) atoms. The highest BCUT2D eigenvalue weighted by Gasteiger charge is 2.19. The maximum atomic E-state index is 11.8. The molecule has 1 rings (SSSR count). The molecule has 0 spiro atoms. The van der Waals surface area contributed by atoms with Crippen LogP contribution in [0.15, 0.2) is 4.99 Å². The van der Waals surface area contributed by atoms with Crippen LogP contribution in [0, 0.1) is 0 Å². The van der Waals surface area contributed by atoms with E-state index in [-0.39, 0.29) is 23.9 Å². The number of likely N-dealkylation sites (tertiary alicyclic amines) is 1. The summed E-state index contributed by atoms with van der Waals surface area (Å²) in [6.07, 6.45) is 2.52. The van der Waals surface area contributed by atoms with E-state index in [1.165, 1.54) is 0 Å². The smallest absolute Gasteiger partial charge is 0.242 e. The lowest BCUT2D eigenvalue weighted by Gasteiger charge is -2.20. The molecule has 7 nitrogen and oxygen atoms in total. The third kappa shape index (κ3) is 8.42. The number of carbonyl (C=O) groups excluding carboxylic acids is 2. The highest BCUT2D eigenvalue weighted by Crippen LogP contribution is 2.09. The summed E-state index contributed by atoms with van der Waals surface area (Å²) >= 11 is 0. The van der Waals surface area contributed by atoms with Gasteiger partial charge >= 0.3 is 0 Å². The SMILES string of the molecule is CCNC(=NCC(=O)NC(C)(C)C)NCCCN1CCCC1=O. The van der Waals surface area contributed by atoms with Crippen molar-refractivity contribution in [3.05, 3.63) is 0 Å². The molecule has 0 atom stereocenters. The number of aliphatic imine (C=N–C) groups is 1. The summed E-state index contributed by atoms with van der Waals surface area (Å²) in [6.45, 7) is 11.0. The van der Waals surface area contributed by atoms with E-state index in [1.54, 1.807) is 0 Å². The van der Waals surface area contributed by atoms with Crippen LogP contribution >= 0.6 is 0 Å². The van der Waals surface area contributed by atoms with Crippen molar-refractivity contribution in [1.82, 2.24) is 20.9 Å². The standard InChI is InChI=1S/C16H31N5O2/c1-5-17-15(19-12-13(22)20-16(2,3)4)18-9-7-11-21-10-6-8-14(21)23/h5-12H2,1-4H3,(H,20,22)(H2,17,18,19). The van der Waals surface area contributed by atoms with Gasteiger partial charge in [0.25, 0.3) is 0 Å². The molecule has 2 amide bonds. The Morgan fingerprint density at radius 1 is 1.30 bits per heavy atom. The number of nitrogens with zero attached hydrogens (tertiary/aromatic N) is 2. The van der Waals surface area contributed by atoms with Gasteiger partial charge in [-0.2, -0.15) is 0 Å². The zero-order valence-electron chi connectivity index (χ0n) is 14.9. The average molecular weight is 325 g/mol. The molecule has 0 saturated carbocycles. The monoisotopic (exact) mass is 325 g/mol.